The van der Waals surface area contributed by atoms with Gasteiger partial charge in [-0.25, -0.2) is 4.98 Å². The van der Waals surface area contributed by atoms with Gasteiger partial charge in [0.15, 0.2) is 0 Å². The molecule has 0 spiro atoms. The first-order valence-electron chi connectivity index (χ1n) is 5.73. The van der Waals surface area contributed by atoms with Crippen LogP contribution in [0.4, 0.5) is 5.95 Å². The first-order chi connectivity index (χ1) is 8.81. The molecule has 1 aromatic heterocycles. The molecule has 0 aliphatic carbocycles. The van der Waals surface area contributed by atoms with Gasteiger partial charge in [0.05, 0.1) is 6.61 Å². The van der Waals surface area contributed by atoms with Gasteiger partial charge in [0.25, 0.3) is 0 Å². The van der Waals surface area contributed by atoms with Gasteiger partial charge in [-0.3, -0.25) is 0 Å². The monoisotopic (exact) mass is 245 g/mol. The second kappa shape index (κ2) is 5.86. The van der Waals surface area contributed by atoms with Crippen LogP contribution in [0, 0.1) is 0 Å². The van der Waals surface area contributed by atoms with Crippen LogP contribution in [0.5, 0.6) is 17.4 Å². The number of nitrogens with zero attached hydrogens (tertiary/aromatic N) is 2. The zero-order valence-corrected chi connectivity index (χ0v) is 10.4. The van der Waals surface area contributed by atoms with Crippen molar-refractivity contribution in [1.82, 2.24) is 9.97 Å². The van der Waals surface area contributed by atoms with E-state index in [0.29, 0.717) is 24.2 Å². The van der Waals surface area contributed by atoms with Crippen LogP contribution < -0.4 is 14.8 Å². The summed E-state index contributed by atoms with van der Waals surface area (Å²) >= 11 is 0. The minimum Gasteiger partial charge on any atom is -0.494 e. The molecule has 0 bridgehead atoms. The Balaban J connectivity index is 2.14. The molecule has 0 saturated heterocycles. The zero-order valence-electron chi connectivity index (χ0n) is 10.4. The van der Waals surface area contributed by atoms with E-state index in [-0.39, 0.29) is 0 Å². The summed E-state index contributed by atoms with van der Waals surface area (Å²) in [5.41, 5.74) is 0. The molecule has 0 fully saturated rings. The van der Waals surface area contributed by atoms with Gasteiger partial charge in [-0.2, -0.15) is 4.98 Å². The summed E-state index contributed by atoms with van der Waals surface area (Å²) in [6.07, 6.45) is 1.64. The summed E-state index contributed by atoms with van der Waals surface area (Å²) in [4.78, 5) is 8.20. The van der Waals surface area contributed by atoms with E-state index in [1.165, 1.54) is 0 Å². The molecule has 0 saturated carbocycles. The summed E-state index contributed by atoms with van der Waals surface area (Å²) in [6.45, 7) is 2.57. The first kappa shape index (κ1) is 12.2. The third-order valence-corrected chi connectivity index (χ3v) is 2.19. The van der Waals surface area contributed by atoms with Crippen molar-refractivity contribution in [2.45, 2.75) is 6.92 Å². The van der Waals surface area contributed by atoms with E-state index < -0.39 is 0 Å². The Morgan fingerprint density at radius 3 is 2.83 bits per heavy atom. The highest BCUT2D eigenvalue weighted by molar-refractivity contribution is 5.36. The standard InChI is InChI=1S/C13H15N3O2/c1-3-17-10-5-4-6-11(9-10)18-12-7-8-15-13(14-2)16-12/h4-9H,3H2,1-2H3,(H,14,15,16). The maximum atomic E-state index is 5.64. The largest absolute Gasteiger partial charge is 0.494 e. The summed E-state index contributed by atoms with van der Waals surface area (Å²) in [5.74, 6) is 2.47. The number of ether oxygens (including phenoxy) is 2. The normalized spacial score (nSPS) is 9.89. The molecule has 1 N–H and O–H groups in total. The summed E-state index contributed by atoms with van der Waals surface area (Å²) in [7, 11) is 1.76. The first-order valence-corrected chi connectivity index (χ1v) is 5.73. The van der Waals surface area contributed by atoms with Crippen molar-refractivity contribution in [3.63, 3.8) is 0 Å². The lowest BCUT2D eigenvalue weighted by molar-refractivity contribution is 0.338. The number of nitrogens with one attached hydrogen (secondary N) is 1. The second-order valence-corrected chi connectivity index (χ2v) is 3.48. The summed E-state index contributed by atoms with van der Waals surface area (Å²) in [6, 6.07) is 9.14. The molecule has 0 aliphatic rings. The Hall–Kier alpha value is -2.30. The average Bonchev–Trinajstić information content (AvgIpc) is 2.40. The Bertz CT molecular complexity index is 517. The number of hydrogen-bond donors (Lipinski definition) is 1. The molecule has 0 atom stereocenters. The quantitative estimate of drug-likeness (QED) is 0.877. The van der Waals surface area contributed by atoms with Gasteiger partial charge in [0.2, 0.25) is 11.8 Å². The molecule has 5 heteroatoms. The number of benzene rings is 1. The van der Waals surface area contributed by atoms with Crippen LogP contribution in [-0.4, -0.2) is 23.6 Å². The topological polar surface area (TPSA) is 56.3 Å². The maximum absolute atomic E-state index is 5.64. The van der Waals surface area contributed by atoms with Gasteiger partial charge in [-0.05, 0) is 19.1 Å². The van der Waals surface area contributed by atoms with Crippen LogP contribution in [0.1, 0.15) is 6.92 Å². The minimum atomic E-state index is 0.489. The van der Waals surface area contributed by atoms with Crippen molar-refractivity contribution in [2.24, 2.45) is 0 Å². The Morgan fingerprint density at radius 2 is 2.06 bits per heavy atom. The highest BCUT2D eigenvalue weighted by atomic mass is 16.5. The van der Waals surface area contributed by atoms with E-state index in [2.05, 4.69) is 15.3 Å². The van der Waals surface area contributed by atoms with Gasteiger partial charge in [0.1, 0.15) is 11.5 Å². The van der Waals surface area contributed by atoms with Crippen molar-refractivity contribution < 1.29 is 9.47 Å². The fourth-order valence-corrected chi connectivity index (χ4v) is 1.43. The van der Waals surface area contributed by atoms with E-state index in [4.69, 9.17) is 9.47 Å². The van der Waals surface area contributed by atoms with Gasteiger partial charge >= 0.3 is 0 Å². The fourth-order valence-electron chi connectivity index (χ4n) is 1.43. The van der Waals surface area contributed by atoms with E-state index in [1.54, 1.807) is 19.3 Å². The van der Waals surface area contributed by atoms with Gasteiger partial charge in [-0.1, -0.05) is 6.07 Å². The molecular formula is C13H15N3O2. The van der Waals surface area contributed by atoms with Crippen molar-refractivity contribution in [2.75, 3.05) is 19.0 Å². The van der Waals surface area contributed by atoms with Crippen LogP contribution in [-0.2, 0) is 0 Å². The zero-order chi connectivity index (χ0) is 12.8. The van der Waals surface area contributed by atoms with Crippen molar-refractivity contribution in [3.05, 3.63) is 36.5 Å². The minimum absolute atomic E-state index is 0.489. The molecule has 18 heavy (non-hydrogen) atoms. The smallest absolute Gasteiger partial charge is 0.225 e. The predicted octanol–water partition coefficient (Wildman–Crippen LogP) is 2.71. The highest BCUT2D eigenvalue weighted by Crippen LogP contribution is 2.24. The van der Waals surface area contributed by atoms with Crippen LogP contribution in [0.3, 0.4) is 0 Å². The second-order valence-electron chi connectivity index (χ2n) is 3.48. The van der Waals surface area contributed by atoms with Crippen LogP contribution in [0.2, 0.25) is 0 Å². The van der Waals surface area contributed by atoms with Gasteiger partial charge < -0.3 is 14.8 Å². The number of anilines is 1. The molecule has 0 unspecified atom stereocenters. The molecule has 0 radical (unpaired) electrons. The predicted molar refractivity (Wildman–Crippen MR) is 69.3 cm³/mol. The Morgan fingerprint density at radius 1 is 1.22 bits per heavy atom. The van der Waals surface area contributed by atoms with E-state index >= 15 is 0 Å². The van der Waals surface area contributed by atoms with Crippen molar-refractivity contribution in [3.8, 4) is 17.4 Å². The SMILES string of the molecule is CCOc1cccc(Oc2ccnc(NC)n2)c1. The summed E-state index contributed by atoms with van der Waals surface area (Å²) in [5, 5.41) is 2.86. The average molecular weight is 245 g/mol. The molecule has 94 valence electrons. The van der Waals surface area contributed by atoms with Crippen molar-refractivity contribution in [1.29, 1.82) is 0 Å². The Kier molecular flexibility index (Phi) is 3.96. The molecular weight excluding hydrogens is 230 g/mol. The van der Waals surface area contributed by atoms with E-state index in [9.17, 15) is 0 Å². The van der Waals surface area contributed by atoms with Gasteiger partial charge in [0, 0.05) is 25.4 Å². The molecule has 5 nitrogen and oxygen atoms in total. The number of hydrogen-bond acceptors (Lipinski definition) is 5. The number of rotatable bonds is 5. The molecule has 1 heterocycles. The van der Waals surface area contributed by atoms with E-state index in [1.807, 2.05) is 31.2 Å². The third-order valence-electron chi connectivity index (χ3n) is 2.19. The fraction of sp³-hybridized carbons (Fsp3) is 0.231. The molecule has 1 aromatic carbocycles. The lowest BCUT2D eigenvalue weighted by Crippen LogP contribution is -1.97. The molecule has 2 aromatic rings. The molecule has 0 aliphatic heterocycles. The molecule has 0 amide bonds. The van der Waals surface area contributed by atoms with Crippen LogP contribution in [0.25, 0.3) is 0 Å². The lowest BCUT2D eigenvalue weighted by Gasteiger charge is -2.07. The van der Waals surface area contributed by atoms with Crippen LogP contribution >= 0.6 is 0 Å². The Labute approximate surface area is 106 Å². The summed E-state index contributed by atoms with van der Waals surface area (Å²) < 4.78 is 11.0. The lowest BCUT2D eigenvalue weighted by atomic mass is 10.3. The van der Waals surface area contributed by atoms with E-state index in [0.717, 1.165) is 5.75 Å². The van der Waals surface area contributed by atoms with Crippen molar-refractivity contribution >= 4 is 5.95 Å². The molecule has 2 rings (SSSR count). The third kappa shape index (κ3) is 3.10. The maximum Gasteiger partial charge on any atom is 0.225 e. The number of aromatic nitrogens is 2. The van der Waals surface area contributed by atoms with Crippen LogP contribution in [0.15, 0.2) is 36.5 Å². The highest BCUT2D eigenvalue weighted by Gasteiger charge is 2.02. The van der Waals surface area contributed by atoms with Gasteiger partial charge in [-0.15, -0.1) is 0 Å².